The summed E-state index contributed by atoms with van der Waals surface area (Å²) in [5, 5.41) is 14.1. The van der Waals surface area contributed by atoms with E-state index < -0.39 is 5.97 Å². The topological polar surface area (TPSA) is 67.5 Å². The zero-order valence-electron chi connectivity index (χ0n) is 11.2. The van der Waals surface area contributed by atoms with Crippen molar-refractivity contribution in [3.8, 4) is 0 Å². The Morgan fingerprint density at radius 2 is 2.21 bits per heavy atom. The van der Waals surface area contributed by atoms with Gasteiger partial charge in [0.25, 0.3) is 0 Å². The van der Waals surface area contributed by atoms with Crippen molar-refractivity contribution in [3.05, 3.63) is 24.2 Å². The molecule has 0 radical (unpaired) electrons. The van der Waals surface area contributed by atoms with Crippen LogP contribution in [0.15, 0.2) is 23.5 Å². The lowest BCUT2D eigenvalue weighted by Gasteiger charge is -2.08. The van der Waals surface area contributed by atoms with E-state index in [1.807, 2.05) is 19.2 Å². The quantitative estimate of drug-likeness (QED) is 0.852. The molecule has 0 fully saturated rings. The molecule has 0 amide bonds. The summed E-state index contributed by atoms with van der Waals surface area (Å²) in [4.78, 5) is 15.0. The molecule has 0 saturated heterocycles. The molecular weight excluding hydrogens is 262 g/mol. The maximum Gasteiger partial charge on any atom is 0.304 e. The van der Waals surface area contributed by atoms with Crippen LogP contribution >= 0.6 is 11.8 Å². The molecule has 102 valence electrons. The first-order chi connectivity index (χ1) is 8.97. The minimum atomic E-state index is -0.789. The van der Waals surface area contributed by atoms with Crippen molar-refractivity contribution < 1.29 is 9.90 Å². The first kappa shape index (κ1) is 13.9. The Labute approximate surface area is 116 Å². The van der Waals surface area contributed by atoms with Gasteiger partial charge >= 0.3 is 5.97 Å². The van der Waals surface area contributed by atoms with Gasteiger partial charge in [0, 0.05) is 17.6 Å². The van der Waals surface area contributed by atoms with Gasteiger partial charge in [-0.1, -0.05) is 20.8 Å². The molecule has 1 N–H and O–H groups in total. The number of aromatic nitrogens is 3. The zero-order valence-corrected chi connectivity index (χ0v) is 12.0. The largest absolute Gasteiger partial charge is 0.481 e. The van der Waals surface area contributed by atoms with E-state index in [0.29, 0.717) is 5.92 Å². The average molecular weight is 279 g/mol. The molecule has 2 rings (SSSR count). The van der Waals surface area contributed by atoms with Crippen molar-refractivity contribution in [2.24, 2.45) is 0 Å². The van der Waals surface area contributed by atoms with Crippen molar-refractivity contribution in [2.45, 2.75) is 43.4 Å². The monoisotopic (exact) mass is 279 g/mol. The van der Waals surface area contributed by atoms with Gasteiger partial charge in [0.2, 0.25) is 0 Å². The number of carbonyl (C=O) groups is 1. The highest BCUT2D eigenvalue weighted by Crippen LogP contribution is 2.28. The molecule has 0 aliphatic carbocycles. The van der Waals surface area contributed by atoms with Crippen LogP contribution in [0, 0.1) is 0 Å². The molecule has 2 heterocycles. The van der Waals surface area contributed by atoms with Crippen LogP contribution in [0.5, 0.6) is 0 Å². The van der Waals surface area contributed by atoms with Crippen LogP contribution in [0.4, 0.5) is 0 Å². The number of carboxylic acids is 1. The van der Waals surface area contributed by atoms with Gasteiger partial charge in [-0.05, 0) is 12.0 Å². The highest BCUT2D eigenvalue weighted by atomic mass is 32.2. The number of aliphatic carboxylic acids is 1. The summed E-state index contributed by atoms with van der Waals surface area (Å²) < 4.78 is 1.80. The first-order valence-electron chi connectivity index (χ1n) is 6.20. The fourth-order valence-corrected chi connectivity index (χ4v) is 2.77. The van der Waals surface area contributed by atoms with Gasteiger partial charge in [-0.15, -0.1) is 11.8 Å². The van der Waals surface area contributed by atoms with Crippen LogP contribution in [-0.2, 0) is 4.79 Å². The number of rotatable bonds is 5. The second-order valence-electron chi connectivity index (χ2n) is 4.81. The Balaban J connectivity index is 2.30. The Morgan fingerprint density at radius 3 is 2.84 bits per heavy atom. The van der Waals surface area contributed by atoms with E-state index in [1.165, 1.54) is 11.8 Å². The summed E-state index contributed by atoms with van der Waals surface area (Å²) in [6, 6.07) is 2.02. The third-order valence-electron chi connectivity index (χ3n) is 2.74. The number of hydrogen-bond acceptors (Lipinski definition) is 4. The van der Waals surface area contributed by atoms with Gasteiger partial charge in [-0.25, -0.2) is 9.50 Å². The maximum absolute atomic E-state index is 10.7. The van der Waals surface area contributed by atoms with Gasteiger partial charge < -0.3 is 5.11 Å². The van der Waals surface area contributed by atoms with E-state index in [9.17, 15) is 4.79 Å². The van der Waals surface area contributed by atoms with Crippen molar-refractivity contribution in [1.29, 1.82) is 0 Å². The SMILES string of the molecule is CC(CC(=O)O)Sc1nccn2nc(C(C)C)cc12. The van der Waals surface area contributed by atoms with Gasteiger partial charge in [-0.2, -0.15) is 5.10 Å². The Bertz CT molecular complexity index is 595. The number of hydrogen-bond donors (Lipinski definition) is 1. The molecule has 19 heavy (non-hydrogen) atoms. The highest BCUT2D eigenvalue weighted by Gasteiger charge is 2.14. The lowest BCUT2D eigenvalue weighted by atomic mass is 10.1. The molecule has 2 aromatic heterocycles. The average Bonchev–Trinajstić information content (AvgIpc) is 2.72. The van der Waals surface area contributed by atoms with Crippen LogP contribution < -0.4 is 0 Å². The molecule has 0 aromatic carbocycles. The van der Waals surface area contributed by atoms with Crippen molar-refractivity contribution in [3.63, 3.8) is 0 Å². The smallest absolute Gasteiger partial charge is 0.304 e. The minimum absolute atomic E-state index is 0.0198. The molecule has 0 saturated carbocycles. The van der Waals surface area contributed by atoms with E-state index in [4.69, 9.17) is 5.11 Å². The van der Waals surface area contributed by atoms with Crippen LogP contribution in [0.3, 0.4) is 0 Å². The van der Waals surface area contributed by atoms with Crippen molar-refractivity contribution in [2.75, 3.05) is 0 Å². The minimum Gasteiger partial charge on any atom is -0.481 e. The molecule has 1 atom stereocenters. The summed E-state index contributed by atoms with van der Waals surface area (Å²) >= 11 is 1.47. The van der Waals surface area contributed by atoms with E-state index >= 15 is 0 Å². The number of fused-ring (bicyclic) bond motifs is 1. The second-order valence-corrected chi connectivity index (χ2v) is 6.24. The van der Waals surface area contributed by atoms with E-state index in [0.717, 1.165) is 16.2 Å². The third kappa shape index (κ3) is 3.26. The molecule has 2 aromatic rings. The predicted octanol–water partition coefficient (Wildman–Crippen LogP) is 2.81. The van der Waals surface area contributed by atoms with Gasteiger partial charge in [-0.3, -0.25) is 4.79 Å². The highest BCUT2D eigenvalue weighted by molar-refractivity contribution is 8.00. The predicted molar refractivity (Wildman–Crippen MR) is 74.6 cm³/mol. The van der Waals surface area contributed by atoms with Gasteiger partial charge in [0.1, 0.15) is 5.03 Å². The normalized spacial score (nSPS) is 13.1. The number of carboxylic acid groups (broad SMARTS) is 1. The molecule has 0 spiro atoms. The summed E-state index contributed by atoms with van der Waals surface area (Å²) in [6.45, 7) is 6.08. The molecule has 1 unspecified atom stereocenters. The number of thioether (sulfide) groups is 1. The summed E-state index contributed by atoms with van der Waals surface area (Å²) in [6.07, 6.45) is 3.63. The lowest BCUT2D eigenvalue weighted by Crippen LogP contribution is -2.06. The molecule has 0 bridgehead atoms. The van der Waals surface area contributed by atoms with Crippen molar-refractivity contribution >= 4 is 23.2 Å². The first-order valence-corrected chi connectivity index (χ1v) is 7.08. The standard InChI is InChI=1S/C13H17N3O2S/c1-8(2)10-7-11-13(14-4-5-16(11)15-10)19-9(3)6-12(17)18/h4-5,7-9H,6H2,1-3H3,(H,17,18). The van der Waals surface area contributed by atoms with E-state index in [2.05, 4.69) is 23.9 Å². The molecule has 0 aliphatic heterocycles. The molecule has 6 heteroatoms. The Hall–Kier alpha value is -1.56. The van der Waals surface area contributed by atoms with E-state index in [1.54, 1.807) is 10.7 Å². The zero-order chi connectivity index (χ0) is 14.0. The maximum atomic E-state index is 10.7. The van der Waals surface area contributed by atoms with Gasteiger partial charge in [0.05, 0.1) is 17.6 Å². The fourth-order valence-electron chi connectivity index (χ4n) is 1.77. The number of nitrogens with zero attached hydrogens (tertiary/aromatic N) is 3. The molecule has 5 nitrogen and oxygen atoms in total. The van der Waals surface area contributed by atoms with Gasteiger partial charge in [0.15, 0.2) is 0 Å². The van der Waals surface area contributed by atoms with Crippen molar-refractivity contribution in [1.82, 2.24) is 14.6 Å². The summed E-state index contributed by atoms with van der Waals surface area (Å²) in [5.41, 5.74) is 1.95. The summed E-state index contributed by atoms with van der Waals surface area (Å²) in [7, 11) is 0. The fraction of sp³-hybridized carbons (Fsp3) is 0.462. The van der Waals surface area contributed by atoms with Crippen LogP contribution in [0.2, 0.25) is 0 Å². The Kier molecular flexibility index (Phi) is 4.09. The summed E-state index contributed by atoms with van der Waals surface area (Å²) in [5.74, 6) is -0.433. The van der Waals surface area contributed by atoms with Crippen LogP contribution in [0.1, 0.15) is 38.8 Å². The molecular formula is C13H17N3O2S. The van der Waals surface area contributed by atoms with E-state index in [-0.39, 0.29) is 11.7 Å². The van der Waals surface area contributed by atoms with Crippen LogP contribution in [0.25, 0.3) is 5.52 Å². The lowest BCUT2D eigenvalue weighted by molar-refractivity contribution is -0.136. The van der Waals surface area contributed by atoms with Crippen LogP contribution in [-0.4, -0.2) is 30.9 Å². The Morgan fingerprint density at radius 1 is 1.47 bits per heavy atom. The third-order valence-corrected chi connectivity index (χ3v) is 3.85. The molecule has 0 aliphatic rings. The second kappa shape index (κ2) is 5.61.